The quantitative estimate of drug-likeness (QED) is 0.779. The number of fused-ring (bicyclic) bond motifs is 1. The molecular formula is C19H29NO. The Kier molecular flexibility index (Phi) is 5.32. The second kappa shape index (κ2) is 7.42. The molecule has 2 nitrogen and oxygen atoms in total. The second-order valence-electron chi connectivity index (χ2n) is 6.70. The Morgan fingerprint density at radius 1 is 1.33 bits per heavy atom. The molecule has 0 amide bonds. The smallest absolute Gasteiger partial charge is 0.0576 e. The zero-order valence-corrected chi connectivity index (χ0v) is 13.3. The fraction of sp³-hybridized carbons (Fsp3) is 0.684. The monoisotopic (exact) mass is 287 g/mol. The number of ether oxygens (including phenoxy) is 1. The number of benzene rings is 1. The molecule has 1 aromatic rings. The lowest BCUT2D eigenvalue weighted by atomic mass is 9.74. The summed E-state index contributed by atoms with van der Waals surface area (Å²) in [5, 5.41) is 3.77. The maximum atomic E-state index is 5.78. The van der Waals surface area contributed by atoms with Gasteiger partial charge in [-0.25, -0.2) is 0 Å². The molecule has 21 heavy (non-hydrogen) atoms. The minimum atomic E-state index is 0.532. The summed E-state index contributed by atoms with van der Waals surface area (Å²) in [4.78, 5) is 0. The third kappa shape index (κ3) is 3.87. The Balaban J connectivity index is 1.50. The molecule has 1 N–H and O–H groups in total. The standard InChI is InChI=1S/C19H29NO/c1-2-11-20-17(9-10-18-7-5-12-21-18)14-16-13-15-6-3-4-8-19(15)16/h3-4,6,8,16-18,20H,2,5,7,9-14H2,1H3. The molecule has 0 aromatic heterocycles. The molecule has 1 fully saturated rings. The van der Waals surface area contributed by atoms with E-state index in [1.54, 1.807) is 11.1 Å². The summed E-state index contributed by atoms with van der Waals surface area (Å²) < 4.78 is 5.78. The number of hydrogen-bond donors (Lipinski definition) is 1. The summed E-state index contributed by atoms with van der Waals surface area (Å²) in [6.45, 7) is 4.38. The van der Waals surface area contributed by atoms with E-state index in [1.807, 2.05) is 0 Å². The number of rotatable bonds is 8. The summed E-state index contributed by atoms with van der Waals surface area (Å²) >= 11 is 0. The third-order valence-corrected chi connectivity index (χ3v) is 5.07. The summed E-state index contributed by atoms with van der Waals surface area (Å²) in [7, 11) is 0. The normalized spacial score (nSPS) is 25.4. The van der Waals surface area contributed by atoms with Gasteiger partial charge >= 0.3 is 0 Å². The molecule has 1 heterocycles. The molecule has 0 bridgehead atoms. The molecule has 0 spiro atoms. The van der Waals surface area contributed by atoms with Gasteiger partial charge in [0.2, 0.25) is 0 Å². The molecule has 0 saturated carbocycles. The molecule has 1 saturated heterocycles. The van der Waals surface area contributed by atoms with E-state index in [4.69, 9.17) is 4.74 Å². The van der Waals surface area contributed by atoms with Gasteiger partial charge in [0.05, 0.1) is 6.10 Å². The third-order valence-electron chi connectivity index (χ3n) is 5.07. The van der Waals surface area contributed by atoms with Crippen LogP contribution >= 0.6 is 0 Å². The zero-order valence-electron chi connectivity index (χ0n) is 13.3. The predicted molar refractivity (Wildman–Crippen MR) is 87.8 cm³/mol. The molecule has 0 radical (unpaired) electrons. The average Bonchev–Trinajstić information content (AvgIpc) is 3.00. The van der Waals surface area contributed by atoms with E-state index in [0.29, 0.717) is 12.1 Å². The van der Waals surface area contributed by atoms with Crippen LogP contribution in [-0.2, 0) is 11.2 Å². The van der Waals surface area contributed by atoms with E-state index >= 15 is 0 Å². The van der Waals surface area contributed by atoms with Crippen LogP contribution in [0.2, 0.25) is 0 Å². The highest BCUT2D eigenvalue weighted by atomic mass is 16.5. The molecule has 116 valence electrons. The Bertz CT molecular complexity index is 439. The first kappa shape index (κ1) is 15.1. The van der Waals surface area contributed by atoms with Crippen LogP contribution in [0.25, 0.3) is 0 Å². The first-order valence-electron chi connectivity index (χ1n) is 8.79. The van der Waals surface area contributed by atoms with Crippen molar-refractivity contribution in [2.45, 2.75) is 69.9 Å². The summed E-state index contributed by atoms with van der Waals surface area (Å²) in [5.41, 5.74) is 3.16. The molecular weight excluding hydrogens is 258 g/mol. The Morgan fingerprint density at radius 2 is 2.24 bits per heavy atom. The second-order valence-corrected chi connectivity index (χ2v) is 6.70. The fourth-order valence-electron chi connectivity index (χ4n) is 3.83. The molecule has 3 unspecified atom stereocenters. The van der Waals surface area contributed by atoms with E-state index in [1.165, 1.54) is 44.9 Å². The van der Waals surface area contributed by atoms with Gasteiger partial charge < -0.3 is 10.1 Å². The van der Waals surface area contributed by atoms with Gasteiger partial charge in [-0.05, 0) is 68.5 Å². The van der Waals surface area contributed by atoms with E-state index in [-0.39, 0.29) is 0 Å². The van der Waals surface area contributed by atoms with Crippen LogP contribution in [-0.4, -0.2) is 25.3 Å². The maximum absolute atomic E-state index is 5.78. The van der Waals surface area contributed by atoms with E-state index in [2.05, 4.69) is 36.5 Å². The van der Waals surface area contributed by atoms with E-state index in [9.17, 15) is 0 Å². The van der Waals surface area contributed by atoms with Crippen LogP contribution in [0.15, 0.2) is 24.3 Å². The molecule has 1 aliphatic carbocycles. The molecule has 3 atom stereocenters. The van der Waals surface area contributed by atoms with Crippen LogP contribution in [0, 0.1) is 0 Å². The maximum Gasteiger partial charge on any atom is 0.0576 e. The average molecular weight is 287 g/mol. The summed E-state index contributed by atoms with van der Waals surface area (Å²) in [5.74, 6) is 0.778. The van der Waals surface area contributed by atoms with Crippen molar-refractivity contribution in [1.29, 1.82) is 0 Å². The lowest BCUT2D eigenvalue weighted by molar-refractivity contribution is 0.0989. The van der Waals surface area contributed by atoms with Crippen molar-refractivity contribution < 1.29 is 4.74 Å². The largest absolute Gasteiger partial charge is 0.378 e. The summed E-state index contributed by atoms with van der Waals surface area (Å²) in [6.07, 6.45) is 9.35. The number of hydrogen-bond acceptors (Lipinski definition) is 2. The van der Waals surface area contributed by atoms with Crippen molar-refractivity contribution in [1.82, 2.24) is 5.32 Å². The van der Waals surface area contributed by atoms with Crippen molar-refractivity contribution in [3.8, 4) is 0 Å². The minimum absolute atomic E-state index is 0.532. The van der Waals surface area contributed by atoms with Gasteiger partial charge in [0, 0.05) is 12.6 Å². The van der Waals surface area contributed by atoms with Gasteiger partial charge in [-0.3, -0.25) is 0 Å². The Labute approximate surface area is 129 Å². The molecule has 1 aromatic carbocycles. The molecule has 2 aliphatic rings. The zero-order chi connectivity index (χ0) is 14.5. The molecule has 3 rings (SSSR count). The Hall–Kier alpha value is -0.860. The first-order chi connectivity index (χ1) is 10.4. The Morgan fingerprint density at radius 3 is 3.00 bits per heavy atom. The SMILES string of the molecule is CCCNC(CCC1CCCO1)CC1Cc2ccccc21. The predicted octanol–water partition coefficient (Wildman–Crippen LogP) is 4.04. The van der Waals surface area contributed by atoms with Crippen molar-refractivity contribution in [2.24, 2.45) is 0 Å². The lowest BCUT2D eigenvalue weighted by Crippen LogP contribution is -2.34. The van der Waals surface area contributed by atoms with Gasteiger partial charge in [0.1, 0.15) is 0 Å². The molecule has 2 heteroatoms. The summed E-state index contributed by atoms with van der Waals surface area (Å²) in [6, 6.07) is 9.62. The topological polar surface area (TPSA) is 21.3 Å². The first-order valence-corrected chi connectivity index (χ1v) is 8.79. The van der Waals surface area contributed by atoms with Gasteiger partial charge in [-0.1, -0.05) is 31.2 Å². The minimum Gasteiger partial charge on any atom is -0.378 e. The van der Waals surface area contributed by atoms with Crippen LogP contribution in [0.5, 0.6) is 0 Å². The lowest BCUT2D eigenvalue weighted by Gasteiger charge is -2.33. The van der Waals surface area contributed by atoms with Crippen LogP contribution in [0.4, 0.5) is 0 Å². The fourth-order valence-corrected chi connectivity index (χ4v) is 3.83. The van der Waals surface area contributed by atoms with Crippen molar-refractivity contribution in [3.63, 3.8) is 0 Å². The highest BCUT2D eigenvalue weighted by molar-refractivity contribution is 5.39. The van der Waals surface area contributed by atoms with E-state index in [0.717, 1.165) is 19.1 Å². The van der Waals surface area contributed by atoms with Gasteiger partial charge in [0.25, 0.3) is 0 Å². The van der Waals surface area contributed by atoms with Gasteiger partial charge in [-0.15, -0.1) is 0 Å². The van der Waals surface area contributed by atoms with E-state index < -0.39 is 0 Å². The van der Waals surface area contributed by atoms with Crippen LogP contribution in [0.1, 0.15) is 62.5 Å². The van der Waals surface area contributed by atoms with Crippen molar-refractivity contribution in [2.75, 3.05) is 13.2 Å². The van der Waals surface area contributed by atoms with Crippen molar-refractivity contribution in [3.05, 3.63) is 35.4 Å². The highest BCUT2D eigenvalue weighted by Gasteiger charge is 2.28. The number of nitrogens with one attached hydrogen (secondary N) is 1. The molecule has 1 aliphatic heterocycles. The van der Waals surface area contributed by atoms with Crippen LogP contribution < -0.4 is 5.32 Å². The van der Waals surface area contributed by atoms with Gasteiger partial charge in [0.15, 0.2) is 0 Å². The highest BCUT2D eigenvalue weighted by Crippen LogP contribution is 2.38. The van der Waals surface area contributed by atoms with Gasteiger partial charge in [-0.2, -0.15) is 0 Å². The van der Waals surface area contributed by atoms with Crippen LogP contribution in [0.3, 0.4) is 0 Å². The van der Waals surface area contributed by atoms with Crippen molar-refractivity contribution >= 4 is 0 Å².